The maximum absolute atomic E-state index is 12.2. The Morgan fingerprint density at radius 1 is 1.00 bits per heavy atom. The van der Waals surface area contributed by atoms with Crippen molar-refractivity contribution in [2.24, 2.45) is 5.92 Å². The van der Waals surface area contributed by atoms with Crippen molar-refractivity contribution < 1.29 is 14.3 Å². The minimum atomic E-state index is -0.186. The summed E-state index contributed by atoms with van der Waals surface area (Å²) in [6.07, 6.45) is 0. The second kappa shape index (κ2) is 10.2. The normalized spacial score (nSPS) is 10.3. The van der Waals surface area contributed by atoms with E-state index in [-0.39, 0.29) is 24.3 Å². The maximum atomic E-state index is 12.2. The van der Waals surface area contributed by atoms with Crippen LogP contribution in [0.2, 0.25) is 0 Å². The van der Waals surface area contributed by atoms with Gasteiger partial charge in [-0.05, 0) is 42.8 Å². The van der Waals surface area contributed by atoms with Gasteiger partial charge in [0, 0.05) is 29.0 Å². The smallest absolute Gasteiger partial charge is 0.243 e. The molecule has 148 valence electrons. The van der Waals surface area contributed by atoms with E-state index in [1.165, 1.54) is 0 Å². The van der Waals surface area contributed by atoms with Crippen molar-refractivity contribution in [3.8, 4) is 5.75 Å². The first kappa shape index (κ1) is 21.0. The van der Waals surface area contributed by atoms with Crippen LogP contribution in [0.3, 0.4) is 0 Å². The number of rotatable bonds is 9. The molecule has 2 rings (SSSR count). The molecule has 2 aromatic carbocycles. The van der Waals surface area contributed by atoms with Crippen LogP contribution in [-0.2, 0) is 9.59 Å². The molecule has 0 bridgehead atoms. The number of ether oxygens (including phenoxy) is 1. The molecule has 0 unspecified atom stereocenters. The average molecular weight is 381 g/mol. The monoisotopic (exact) mass is 381 g/mol. The van der Waals surface area contributed by atoms with Gasteiger partial charge in [0.2, 0.25) is 11.8 Å². The lowest BCUT2D eigenvalue weighted by Crippen LogP contribution is -2.22. The highest BCUT2D eigenvalue weighted by Crippen LogP contribution is 2.18. The molecule has 0 spiro atoms. The van der Waals surface area contributed by atoms with Crippen LogP contribution in [-0.4, -0.2) is 25.0 Å². The Hall–Kier alpha value is -3.28. The second-order valence-corrected chi connectivity index (χ2v) is 6.90. The first-order chi connectivity index (χ1) is 13.3. The van der Waals surface area contributed by atoms with Crippen molar-refractivity contribution in [3.63, 3.8) is 0 Å². The van der Waals surface area contributed by atoms with E-state index in [4.69, 9.17) is 4.74 Å². The van der Waals surface area contributed by atoms with Gasteiger partial charge in [0.15, 0.2) is 0 Å². The molecule has 3 N–H and O–H groups in total. The van der Waals surface area contributed by atoms with Crippen LogP contribution in [0.15, 0.2) is 60.7 Å². The van der Waals surface area contributed by atoms with Crippen LogP contribution in [0.4, 0.5) is 17.1 Å². The van der Waals surface area contributed by atoms with Gasteiger partial charge in [0.25, 0.3) is 0 Å². The highest BCUT2D eigenvalue weighted by atomic mass is 16.5. The van der Waals surface area contributed by atoms with Gasteiger partial charge in [-0.3, -0.25) is 9.59 Å². The topological polar surface area (TPSA) is 79.5 Å². The number of benzene rings is 2. The Morgan fingerprint density at radius 2 is 1.64 bits per heavy atom. The molecule has 0 saturated carbocycles. The summed E-state index contributed by atoms with van der Waals surface area (Å²) in [4.78, 5) is 24.0. The predicted molar refractivity (Wildman–Crippen MR) is 114 cm³/mol. The minimum Gasteiger partial charge on any atom is -0.489 e. The fourth-order valence-electron chi connectivity index (χ4n) is 2.25. The number of hydrogen-bond donors (Lipinski definition) is 3. The molecule has 0 aliphatic carbocycles. The number of nitrogens with one attached hydrogen (secondary N) is 3. The molecule has 0 aliphatic heterocycles. The molecule has 2 amide bonds. The van der Waals surface area contributed by atoms with E-state index in [2.05, 4.69) is 22.5 Å². The van der Waals surface area contributed by atoms with E-state index < -0.39 is 0 Å². The zero-order chi connectivity index (χ0) is 20.5. The number of amides is 2. The third kappa shape index (κ3) is 7.15. The Kier molecular flexibility index (Phi) is 7.63. The number of anilines is 3. The first-order valence-electron chi connectivity index (χ1n) is 9.15. The molecular weight excluding hydrogens is 354 g/mol. The summed E-state index contributed by atoms with van der Waals surface area (Å²) in [7, 11) is 0. The summed E-state index contributed by atoms with van der Waals surface area (Å²) >= 11 is 0. The highest BCUT2D eigenvalue weighted by Gasteiger charge is 2.08. The minimum absolute atomic E-state index is 0.0522. The van der Waals surface area contributed by atoms with Gasteiger partial charge in [-0.15, -0.1) is 0 Å². The molecule has 0 radical (unpaired) electrons. The SMILES string of the molecule is C=C(C)COc1cccc(NC(=O)CNc2cccc(NC(=O)C(C)C)c2)c1. The number of carbonyl (C=O) groups excluding carboxylic acids is 2. The fraction of sp³-hybridized carbons (Fsp3) is 0.273. The van der Waals surface area contributed by atoms with Crippen LogP contribution in [0, 0.1) is 5.92 Å². The molecule has 6 heteroatoms. The third-order valence-corrected chi connectivity index (χ3v) is 3.71. The molecule has 0 saturated heterocycles. The number of hydrogen-bond acceptors (Lipinski definition) is 4. The molecule has 2 aromatic rings. The van der Waals surface area contributed by atoms with Gasteiger partial charge in [0.05, 0.1) is 6.54 Å². The lowest BCUT2D eigenvalue weighted by Gasteiger charge is -2.12. The lowest BCUT2D eigenvalue weighted by atomic mass is 10.2. The Labute approximate surface area is 166 Å². The zero-order valence-electron chi connectivity index (χ0n) is 16.5. The maximum Gasteiger partial charge on any atom is 0.243 e. The average Bonchev–Trinajstić information content (AvgIpc) is 2.65. The van der Waals surface area contributed by atoms with Crippen molar-refractivity contribution >= 4 is 28.9 Å². The molecule has 6 nitrogen and oxygen atoms in total. The van der Waals surface area contributed by atoms with Crippen LogP contribution in [0.5, 0.6) is 5.75 Å². The molecule has 0 heterocycles. The molecule has 0 aromatic heterocycles. The van der Waals surface area contributed by atoms with Gasteiger partial charge in [0.1, 0.15) is 12.4 Å². The van der Waals surface area contributed by atoms with Gasteiger partial charge in [-0.25, -0.2) is 0 Å². The van der Waals surface area contributed by atoms with Crippen molar-refractivity contribution in [3.05, 3.63) is 60.7 Å². The van der Waals surface area contributed by atoms with E-state index in [0.29, 0.717) is 23.7 Å². The molecular formula is C22H27N3O3. The fourth-order valence-corrected chi connectivity index (χ4v) is 2.25. The summed E-state index contributed by atoms with van der Waals surface area (Å²) in [5, 5.41) is 8.72. The van der Waals surface area contributed by atoms with Crippen molar-refractivity contribution in [1.82, 2.24) is 0 Å². The van der Waals surface area contributed by atoms with Gasteiger partial charge >= 0.3 is 0 Å². The van der Waals surface area contributed by atoms with Crippen molar-refractivity contribution in [1.29, 1.82) is 0 Å². The second-order valence-electron chi connectivity index (χ2n) is 6.90. The Bertz CT molecular complexity index is 846. The quantitative estimate of drug-likeness (QED) is 0.566. The summed E-state index contributed by atoms with van der Waals surface area (Å²) in [6.45, 7) is 9.88. The highest BCUT2D eigenvalue weighted by molar-refractivity contribution is 5.94. The Morgan fingerprint density at radius 3 is 2.32 bits per heavy atom. The van der Waals surface area contributed by atoms with Gasteiger partial charge in [-0.1, -0.05) is 32.6 Å². The molecule has 0 atom stereocenters. The van der Waals surface area contributed by atoms with Gasteiger partial charge in [-0.2, -0.15) is 0 Å². The summed E-state index contributed by atoms with van der Waals surface area (Å²) in [5.74, 6) is 0.331. The van der Waals surface area contributed by atoms with Crippen molar-refractivity contribution in [2.45, 2.75) is 20.8 Å². The molecule has 28 heavy (non-hydrogen) atoms. The predicted octanol–water partition coefficient (Wildman–Crippen LogP) is 4.29. The van der Waals surface area contributed by atoms with E-state index in [1.807, 2.05) is 51.1 Å². The Balaban J connectivity index is 1.88. The molecule has 0 fully saturated rings. The largest absolute Gasteiger partial charge is 0.489 e. The first-order valence-corrected chi connectivity index (χ1v) is 9.15. The van der Waals surface area contributed by atoms with E-state index in [0.717, 1.165) is 11.3 Å². The van der Waals surface area contributed by atoms with E-state index in [9.17, 15) is 9.59 Å². The standard InChI is InChI=1S/C22H27N3O3/c1-15(2)14-28-20-10-6-9-19(12-20)24-21(26)13-23-17-7-5-8-18(11-17)25-22(27)16(3)4/h5-12,16,23H,1,13-14H2,2-4H3,(H,24,26)(H,25,27). The molecule has 0 aliphatic rings. The van der Waals surface area contributed by atoms with Gasteiger partial charge < -0.3 is 20.7 Å². The zero-order valence-corrected chi connectivity index (χ0v) is 16.5. The van der Waals surface area contributed by atoms with E-state index in [1.54, 1.807) is 18.2 Å². The van der Waals surface area contributed by atoms with Crippen LogP contribution >= 0.6 is 0 Å². The third-order valence-electron chi connectivity index (χ3n) is 3.71. The van der Waals surface area contributed by atoms with Crippen molar-refractivity contribution in [2.75, 3.05) is 29.1 Å². The summed E-state index contributed by atoms with van der Waals surface area (Å²) < 4.78 is 5.58. The lowest BCUT2D eigenvalue weighted by molar-refractivity contribution is -0.119. The summed E-state index contributed by atoms with van der Waals surface area (Å²) in [5.41, 5.74) is 3.01. The van der Waals surface area contributed by atoms with Crippen LogP contribution < -0.4 is 20.7 Å². The van der Waals surface area contributed by atoms with Crippen LogP contribution in [0.25, 0.3) is 0 Å². The number of carbonyl (C=O) groups is 2. The van der Waals surface area contributed by atoms with E-state index >= 15 is 0 Å². The summed E-state index contributed by atoms with van der Waals surface area (Å²) in [6, 6.07) is 14.5. The van der Waals surface area contributed by atoms with Crippen LogP contribution in [0.1, 0.15) is 20.8 Å².